The fourth-order valence-electron chi connectivity index (χ4n) is 0.798. The number of nitrogens with zero attached hydrogens (tertiary/aromatic N) is 2. The molecule has 0 aliphatic heterocycles. The van der Waals surface area contributed by atoms with Crippen molar-refractivity contribution in [2.24, 2.45) is 0 Å². The second-order valence-electron chi connectivity index (χ2n) is 3.13. The molecule has 0 aliphatic carbocycles. The first-order valence-corrected chi connectivity index (χ1v) is 5.26. The molecule has 1 rings (SSSR count). The van der Waals surface area contributed by atoms with Gasteiger partial charge in [0.2, 0.25) is 0 Å². The van der Waals surface area contributed by atoms with Gasteiger partial charge in [-0.3, -0.25) is 4.79 Å². The lowest BCUT2D eigenvalue weighted by atomic mass is 10.5. The van der Waals surface area contributed by atoms with Gasteiger partial charge < -0.3 is 10.1 Å². The number of rotatable bonds is 4. The Hall–Kier alpha value is -1.01. The number of hydrogen-bond donors (Lipinski definition) is 1. The van der Waals surface area contributed by atoms with E-state index >= 15 is 0 Å². The van der Waals surface area contributed by atoms with Gasteiger partial charge in [0.05, 0.1) is 18.5 Å². The van der Waals surface area contributed by atoms with Crippen molar-refractivity contribution in [2.75, 3.05) is 11.9 Å². The number of ether oxygens (including phenoxy) is 1. The monoisotopic (exact) mass is 273 g/mol. The first-order chi connectivity index (χ1) is 7.08. The Kier molecular flexibility index (Phi) is 4.64. The second kappa shape index (κ2) is 5.77. The summed E-state index contributed by atoms with van der Waals surface area (Å²) >= 11 is 3.15. The highest BCUT2D eigenvalue weighted by Gasteiger charge is 2.04. The molecule has 1 heterocycles. The van der Waals surface area contributed by atoms with Crippen molar-refractivity contribution < 1.29 is 9.53 Å². The molecule has 82 valence electrons. The third-order valence-corrected chi connectivity index (χ3v) is 1.85. The summed E-state index contributed by atoms with van der Waals surface area (Å²) in [7, 11) is 0. The van der Waals surface area contributed by atoms with Crippen LogP contribution in [0.3, 0.4) is 0 Å². The highest BCUT2D eigenvalue weighted by atomic mass is 79.9. The van der Waals surface area contributed by atoms with Crippen LogP contribution in [0.25, 0.3) is 0 Å². The third-order valence-electron chi connectivity index (χ3n) is 1.44. The van der Waals surface area contributed by atoms with E-state index in [0.29, 0.717) is 10.4 Å². The molecular weight excluding hydrogens is 262 g/mol. The number of halogens is 1. The smallest absolute Gasteiger partial charge is 0.251 e. The van der Waals surface area contributed by atoms with E-state index in [1.807, 2.05) is 13.8 Å². The number of amides is 1. The SMILES string of the molecule is CC(C)OCC(=O)Nc1cnc(Br)cn1. The van der Waals surface area contributed by atoms with E-state index in [1.54, 1.807) is 0 Å². The summed E-state index contributed by atoms with van der Waals surface area (Å²) in [6.07, 6.45) is 3.02. The van der Waals surface area contributed by atoms with Crippen LogP contribution in [0.1, 0.15) is 13.8 Å². The van der Waals surface area contributed by atoms with E-state index in [1.165, 1.54) is 12.4 Å². The Bertz CT molecular complexity index is 327. The van der Waals surface area contributed by atoms with Crippen molar-refractivity contribution in [3.05, 3.63) is 17.0 Å². The van der Waals surface area contributed by atoms with Crippen molar-refractivity contribution >= 4 is 27.7 Å². The normalized spacial score (nSPS) is 10.4. The van der Waals surface area contributed by atoms with Gasteiger partial charge in [0, 0.05) is 0 Å². The number of hydrogen-bond acceptors (Lipinski definition) is 4. The molecule has 6 heteroatoms. The maximum atomic E-state index is 11.3. The molecule has 0 aromatic carbocycles. The quantitative estimate of drug-likeness (QED) is 0.905. The fraction of sp³-hybridized carbons (Fsp3) is 0.444. The van der Waals surface area contributed by atoms with Gasteiger partial charge in [-0.05, 0) is 29.8 Å². The number of carbonyl (C=O) groups is 1. The summed E-state index contributed by atoms with van der Waals surface area (Å²) in [5, 5.41) is 2.57. The van der Waals surface area contributed by atoms with Gasteiger partial charge >= 0.3 is 0 Å². The lowest BCUT2D eigenvalue weighted by molar-refractivity contribution is -0.121. The molecule has 0 fully saturated rings. The highest BCUT2D eigenvalue weighted by molar-refractivity contribution is 9.10. The third kappa shape index (κ3) is 4.85. The molecule has 0 unspecified atom stereocenters. The van der Waals surface area contributed by atoms with Crippen LogP contribution < -0.4 is 5.32 Å². The second-order valence-corrected chi connectivity index (χ2v) is 3.94. The number of nitrogens with one attached hydrogen (secondary N) is 1. The van der Waals surface area contributed by atoms with Crippen LogP contribution in [-0.2, 0) is 9.53 Å². The van der Waals surface area contributed by atoms with Crippen LogP contribution in [0.5, 0.6) is 0 Å². The van der Waals surface area contributed by atoms with E-state index in [-0.39, 0.29) is 18.6 Å². The van der Waals surface area contributed by atoms with Crippen LogP contribution in [0.4, 0.5) is 5.82 Å². The molecule has 0 saturated carbocycles. The zero-order chi connectivity index (χ0) is 11.3. The standard InChI is InChI=1S/C9H12BrN3O2/c1-6(2)15-5-9(14)13-8-4-11-7(10)3-12-8/h3-4,6H,5H2,1-2H3,(H,12,13,14). The van der Waals surface area contributed by atoms with E-state index in [2.05, 4.69) is 31.2 Å². The average Bonchev–Trinajstić information content (AvgIpc) is 2.19. The molecule has 0 atom stereocenters. The minimum Gasteiger partial charge on any atom is -0.369 e. The van der Waals surface area contributed by atoms with Gasteiger partial charge in [-0.15, -0.1) is 0 Å². The van der Waals surface area contributed by atoms with E-state index < -0.39 is 0 Å². The number of aromatic nitrogens is 2. The van der Waals surface area contributed by atoms with Crippen LogP contribution in [-0.4, -0.2) is 28.6 Å². The Morgan fingerprint density at radius 1 is 1.53 bits per heavy atom. The van der Waals surface area contributed by atoms with Crippen molar-refractivity contribution in [1.29, 1.82) is 0 Å². The molecule has 0 saturated heterocycles. The van der Waals surface area contributed by atoms with Crippen LogP contribution in [0.15, 0.2) is 17.0 Å². The van der Waals surface area contributed by atoms with Gasteiger partial charge in [-0.25, -0.2) is 9.97 Å². The topological polar surface area (TPSA) is 64.1 Å². The predicted octanol–water partition coefficient (Wildman–Crippen LogP) is 1.60. The van der Waals surface area contributed by atoms with Crippen LogP contribution in [0, 0.1) is 0 Å². The molecule has 0 bridgehead atoms. The molecule has 1 amide bonds. The maximum absolute atomic E-state index is 11.3. The Balaban J connectivity index is 2.41. The van der Waals surface area contributed by atoms with Crippen LogP contribution in [0.2, 0.25) is 0 Å². The fourth-order valence-corrected chi connectivity index (χ4v) is 1.00. The summed E-state index contributed by atoms with van der Waals surface area (Å²) in [4.78, 5) is 19.2. The predicted molar refractivity (Wildman–Crippen MR) is 59.4 cm³/mol. The molecule has 0 spiro atoms. The first kappa shape index (κ1) is 12.1. The highest BCUT2D eigenvalue weighted by Crippen LogP contribution is 2.05. The molecule has 1 aromatic heterocycles. The van der Waals surface area contributed by atoms with Crippen molar-refractivity contribution in [1.82, 2.24) is 9.97 Å². The van der Waals surface area contributed by atoms with E-state index in [4.69, 9.17) is 4.74 Å². The van der Waals surface area contributed by atoms with Crippen molar-refractivity contribution in [3.63, 3.8) is 0 Å². The van der Waals surface area contributed by atoms with E-state index in [0.717, 1.165) is 0 Å². The summed E-state index contributed by atoms with van der Waals surface area (Å²) in [5.41, 5.74) is 0. The van der Waals surface area contributed by atoms with Gasteiger partial charge in [0.1, 0.15) is 11.2 Å². The minimum absolute atomic E-state index is 0.0232. The van der Waals surface area contributed by atoms with Gasteiger partial charge in [-0.2, -0.15) is 0 Å². The number of anilines is 1. The summed E-state index contributed by atoms with van der Waals surface area (Å²) in [6, 6.07) is 0. The molecule has 1 aromatic rings. The van der Waals surface area contributed by atoms with Gasteiger partial charge in [0.25, 0.3) is 5.91 Å². The number of carbonyl (C=O) groups excluding carboxylic acids is 1. The average molecular weight is 274 g/mol. The lowest BCUT2D eigenvalue weighted by Crippen LogP contribution is -2.21. The molecule has 1 N–H and O–H groups in total. The van der Waals surface area contributed by atoms with Gasteiger partial charge in [0.15, 0.2) is 5.82 Å². The molecule has 5 nitrogen and oxygen atoms in total. The van der Waals surface area contributed by atoms with Crippen molar-refractivity contribution in [2.45, 2.75) is 20.0 Å². The molecule has 0 aliphatic rings. The molecule has 0 radical (unpaired) electrons. The van der Waals surface area contributed by atoms with E-state index in [9.17, 15) is 4.79 Å². The molecule has 15 heavy (non-hydrogen) atoms. The Morgan fingerprint density at radius 3 is 2.80 bits per heavy atom. The van der Waals surface area contributed by atoms with Gasteiger partial charge in [-0.1, -0.05) is 0 Å². The zero-order valence-corrected chi connectivity index (χ0v) is 10.1. The van der Waals surface area contributed by atoms with Crippen LogP contribution >= 0.6 is 15.9 Å². The minimum atomic E-state index is -0.236. The maximum Gasteiger partial charge on any atom is 0.251 e. The molecular formula is C9H12BrN3O2. The summed E-state index contributed by atoms with van der Waals surface area (Å²) in [6.45, 7) is 3.76. The summed E-state index contributed by atoms with van der Waals surface area (Å²) < 4.78 is 5.75. The zero-order valence-electron chi connectivity index (χ0n) is 8.53. The summed E-state index contributed by atoms with van der Waals surface area (Å²) in [5.74, 6) is 0.177. The lowest BCUT2D eigenvalue weighted by Gasteiger charge is -2.07. The Labute approximate surface area is 96.4 Å². The Morgan fingerprint density at radius 2 is 2.27 bits per heavy atom. The largest absolute Gasteiger partial charge is 0.369 e. The first-order valence-electron chi connectivity index (χ1n) is 4.47. The van der Waals surface area contributed by atoms with Crippen molar-refractivity contribution in [3.8, 4) is 0 Å².